The number of urea groups is 1. The number of fused-ring (bicyclic) bond motifs is 1. The summed E-state index contributed by atoms with van der Waals surface area (Å²) in [5, 5.41) is 6.20. The molecule has 1 aromatic carbocycles. The number of thiophene rings is 1. The SMILES string of the molecule is C[C@H]1c2ccsc2CCN1C(=O)NC1CCN(Cc2ccc(Cl)cc2)CC1. The minimum absolute atomic E-state index is 0.0931. The number of nitrogens with zero attached hydrogens (tertiary/aromatic N) is 2. The second-order valence-corrected chi connectivity index (χ2v) is 8.98. The van der Waals surface area contributed by atoms with Crippen molar-refractivity contribution in [1.29, 1.82) is 0 Å². The van der Waals surface area contributed by atoms with E-state index in [0.29, 0.717) is 0 Å². The summed E-state index contributed by atoms with van der Waals surface area (Å²) < 4.78 is 0. The van der Waals surface area contributed by atoms with Crippen molar-refractivity contribution in [3.63, 3.8) is 0 Å². The fourth-order valence-electron chi connectivity index (χ4n) is 4.13. The Kier molecular flexibility index (Phi) is 5.71. The van der Waals surface area contributed by atoms with Crippen LogP contribution in [0.25, 0.3) is 0 Å². The lowest BCUT2D eigenvalue weighted by Crippen LogP contribution is -2.50. The lowest BCUT2D eigenvalue weighted by molar-refractivity contribution is 0.155. The molecule has 0 aliphatic carbocycles. The van der Waals surface area contributed by atoms with Gasteiger partial charge in [-0.15, -0.1) is 11.3 Å². The summed E-state index contributed by atoms with van der Waals surface area (Å²) in [6.45, 7) is 5.92. The topological polar surface area (TPSA) is 35.6 Å². The van der Waals surface area contributed by atoms with Crippen LogP contribution in [0.15, 0.2) is 35.7 Å². The first-order valence-electron chi connectivity index (χ1n) is 9.70. The van der Waals surface area contributed by atoms with Gasteiger partial charge in [-0.05, 0) is 60.9 Å². The number of piperidine rings is 1. The summed E-state index contributed by atoms with van der Waals surface area (Å²) in [6, 6.07) is 10.8. The Morgan fingerprint density at radius 3 is 2.67 bits per heavy atom. The molecule has 0 spiro atoms. The molecule has 6 heteroatoms. The van der Waals surface area contributed by atoms with Gasteiger partial charge in [0.15, 0.2) is 0 Å². The zero-order chi connectivity index (χ0) is 18.8. The molecule has 0 radical (unpaired) electrons. The van der Waals surface area contributed by atoms with E-state index in [2.05, 4.69) is 40.7 Å². The number of hydrogen-bond acceptors (Lipinski definition) is 3. The molecule has 27 heavy (non-hydrogen) atoms. The minimum Gasteiger partial charge on any atom is -0.335 e. The van der Waals surface area contributed by atoms with Gasteiger partial charge in [-0.3, -0.25) is 4.90 Å². The zero-order valence-corrected chi connectivity index (χ0v) is 17.2. The van der Waals surface area contributed by atoms with Gasteiger partial charge in [0, 0.05) is 42.1 Å². The maximum Gasteiger partial charge on any atom is 0.318 e. The third kappa shape index (κ3) is 4.31. The second kappa shape index (κ2) is 8.21. The zero-order valence-electron chi connectivity index (χ0n) is 15.7. The van der Waals surface area contributed by atoms with Gasteiger partial charge in [0.25, 0.3) is 0 Å². The minimum atomic E-state index is 0.0931. The second-order valence-electron chi connectivity index (χ2n) is 7.54. The fraction of sp³-hybridized carbons (Fsp3) is 0.476. The third-order valence-corrected chi connectivity index (χ3v) is 7.02. The fourth-order valence-corrected chi connectivity index (χ4v) is 5.22. The molecule has 4 rings (SSSR count). The smallest absolute Gasteiger partial charge is 0.318 e. The Balaban J connectivity index is 1.27. The summed E-state index contributed by atoms with van der Waals surface area (Å²) in [5.41, 5.74) is 2.61. The number of hydrogen-bond donors (Lipinski definition) is 1. The average molecular weight is 404 g/mol. The first-order valence-corrected chi connectivity index (χ1v) is 11.0. The highest BCUT2D eigenvalue weighted by Gasteiger charge is 2.30. The molecule has 1 fully saturated rings. The predicted molar refractivity (Wildman–Crippen MR) is 111 cm³/mol. The summed E-state index contributed by atoms with van der Waals surface area (Å²) in [6.07, 6.45) is 2.99. The van der Waals surface area contributed by atoms with E-state index in [1.807, 2.05) is 28.4 Å². The van der Waals surface area contributed by atoms with E-state index in [-0.39, 0.29) is 18.1 Å². The van der Waals surface area contributed by atoms with Crippen molar-refractivity contribution in [3.8, 4) is 0 Å². The molecular formula is C21H26ClN3OS. The van der Waals surface area contributed by atoms with Crippen LogP contribution in [-0.4, -0.2) is 41.5 Å². The third-order valence-electron chi connectivity index (χ3n) is 5.77. The van der Waals surface area contributed by atoms with Crippen LogP contribution in [0, 0.1) is 0 Å². The standard InChI is InChI=1S/C21H26ClN3OS/c1-15-19-9-13-27-20(19)8-12-25(15)21(26)23-18-6-10-24(11-7-18)14-16-2-4-17(22)5-3-16/h2-5,9,13,15,18H,6-8,10-12,14H2,1H3,(H,23,26)/t15-/m0/s1. The van der Waals surface area contributed by atoms with Crippen molar-refractivity contribution < 1.29 is 4.79 Å². The van der Waals surface area contributed by atoms with E-state index in [1.165, 1.54) is 16.0 Å². The first kappa shape index (κ1) is 18.8. The van der Waals surface area contributed by atoms with E-state index in [9.17, 15) is 4.79 Å². The van der Waals surface area contributed by atoms with Gasteiger partial charge in [-0.25, -0.2) is 4.79 Å². The maximum atomic E-state index is 12.8. The number of likely N-dealkylation sites (tertiary alicyclic amines) is 1. The van der Waals surface area contributed by atoms with Crippen LogP contribution in [0.3, 0.4) is 0 Å². The Labute approximate surface area is 170 Å². The van der Waals surface area contributed by atoms with Crippen LogP contribution in [-0.2, 0) is 13.0 Å². The molecule has 2 aromatic rings. The van der Waals surface area contributed by atoms with Crippen LogP contribution in [0.1, 0.15) is 41.8 Å². The van der Waals surface area contributed by atoms with Crippen LogP contribution >= 0.6 is 22.9 Å². The van der Waals surface area contributed by atoms with Crippen molar-refractivity contribution in [3.05, 3.63) is 56.7 Å². The predicted octanol–water partition coefficient (Wildman–Crippen LogP) is 4.69. The largest absolute Gasteiger partial charge is 0.335 e. The van der Waals surface area contributed by atoms with Gasteiger partial charge in [-0.2, -0.15) is 0 Å². The number of amides is 2. The van der Waals surface area contributed by atoms with Crippen molar-refractivity contribution in [1.82, 2.24) is 15.1 Å². The van der Waals surface area contributed by atoms with Gasteiger partial charge in [0.05, 0.1) is 6.04 Å². The van der Waals surface area contributed by atoms with Gasteiger partial charge >= 0.3 is 6.03 Å². The van der Waals surface area contributed by atoms with Crippen LogP contribution in [0.5, 0.6) is 0 Å². The summed E-state index contributed by atoms with van der Waals surface area (Å²) >= 11 is 7.77. The van der Waals surface area contributed by atoms with Crippen LogP contribution < -0.4 is 5.32 Å². The van der Waals surface area contributed by atoms with Gasteiger partial charge < -0.3 is 10.2 Å². The summed E-state index contributed by atoms with van der Waals surface area (Å²) in [7, 11) is 0. The lowest BCUT2D eigenvalue weighted by atomic mass is 10.0. The van der Waals surface area contributed by atoms with Crippen molar-refractivity contribution in [2.75, 3.05) is 19.6 Å². The molecule has 1 aromatic heterocycles. The number of halogens is 1. The average Bonchev–Trinajstić information content (AvgIpc) is 3.15. The van der Waals surface area contributed by atoms with Gasteiger partial charge in [0.1, 0.15) is 0 Å². The molecule has 0 unspecified atom stereocenters. The molecule has 1 saturated heterocycles. The normalized spacial score (nSPS) is 21.1. The highest BCUT2D eigenvalue weighted by Crippen LogP contribution is 2.32. The van der Waals surface area contributed by atoms with E-state index < -0.39 is 0 Å². The summed E-state index contributed by atoms with van der Waals surface area (Å²) in [4.78, 5) is 18.7. The van der Waals surface area contributed by atoms with Crippen molar-refractivity contribution in [2.45, 2.75) is 44.8 Å². The molecule has 0 bridgehead atoms. The first-order chi connectivity index (χ1) is 13.1. The molecule has 3 heterocycles. The molecule has 2 amide bonds. The molecule has 2 aliphatic rings. The molecule has 2 aliphatic heterocycles. The molecule has 0 saturated carbocycles. The highest BCUT2D eigenvalue weighted by atomic mass is 35.5. The number of benzene rings is 1. The number of nitrogens with one attached hydrogen (secondary N) is 1. The monoisotopic (exact) mass is 403 g/mol. The Morgan fingerprint density at radius 2 is 1.93 bits per heavy atom. The van der Waals surface area contributed by atoms with E-state index in [1.54, 1.807) is 0 Å². The summed E-state index contributed by atoms with van der Waals surface area (Å²) in [5.74, 6) is 0. The molecule has 1 N–H and O–H groups in total. The lowest BCUT2D eigenvalue weighted by Gasteiger charge is -2.37. The number of carbonyl (C=O) groups excluding carboxylic acids is 1. The van der Waals surface area contributed by atoms with E-state index >= 15 is 0 Å². The number of carbonyl (C=O) groups is 1. The molecular weight excluding hydrogens is 378 g/mol. The van der Waals surface area contributed by atoms with Crippen LogP contribution in [0.4, 0.5) is 4.79 Å². The van der Waals surface area contributed by atoms with Crippen molar-refractivity contribution >= 4 is 29.0 Å². The van der Waals surface area contributed by atoms with Gasteiger partial charge in [-0.1, -0.05) is 23.7 Å². The highest BCUT2D eigenvalue weighted by molar-refractivity contribution is 7.10. The Morgan fingerprint density at radius 1 is 1.19 bits per heavy atom. The van der Waals surface area contributed by atoms with Gasteiger partial charge in [0.2, 0.25) is 0 Å². The molecule has 1 atom stereocenters. The Bertz CT molecular complexity index is 783. The molecule has 144 valence electrons. The van der Waals surface area contributed by atoms with Crippen LogP contribution in [0.2, 0.25) is 5.02 Å². The maximum absolute atomic E-state index is 12.8. The van der Waals surface area contributed by atoms with E-state index in [4.69, 9.17) is 11.6 Å². The number of rotatable bonds is 3. The Hall–Kier alpha value is -1.56. The van der Waals surface area contributed by atoms with Crippen molar-refractivity contribution in [2.24, 2.45) is 0 Å². The quantitative estimate of drug-likeness (QED) is 0.806. The van der Waals surface area contributed by atoms with E-state index in [0.717, 1.165) is 50.5 Å². The molecule has 4 nitrogen and oxygen atoms in total.